The molecule has 0 fully saturated rings. The molecule has 0 aliphatic carbocycles. The van der Waals surface area contributed by atoms with Crippen LogP contribution in [-0.4, -0.2) is 18.0 Å². The quantitative estimate of drug-likeness (QED) is 0.475. The Morgan fingerprint density at radius 2 is 1.87 bits per heavy atom. The number of nitrogens with one attached hydrogen (secondary N) is 1. The first-order valence-electron chi connectivity index (χ1n) is 9.56. The van der Waals surface area contributed by atoms with Crippen LogP contribution in [0, 0.1) is 13.8 Å². The fourth-order valence-corrected chi connectivity index (χ4v) is 3.30. The highest BCUT2D eigenvalue weighted by Gasteiger charge is 2.19. The smallest absolute Gasteiger partial charge is 0.291 e. The van der Waals surface area contributed by atoms with Gasteiger partial charge >= 0.3 is 0 Å². The van der Waals surface area contributed by atoms with Gasteiger partial charge in [-0.2, -0.15) is 0 Å². The molecule has 0 aliphatic heterocycles. The molecule has 0 atom stereocenters. The number of rotatable bonds is 6. The number of nitrogens with zero attached hydrogens (tertiary/aromatic N) is 1. The van der Waals surface area contributed by atoms with Gasteiger partial charge in [0.25, 0.3) is 5.91 Å². The van der Waals surface area contributed by atoms with Crippen molar-refractivity contribution < 1.29 is 18.7 Å². The molecule has 30 heavy (non-hydrogen) atoms. The van der Waals surface area contributed by atoms with Gasteiger partial charge in [0.2, 0.25) is 0 Å². The number of hydrogen-bond donors (Lipinski definition) is 1. The van der Waals surface area contributed by atoms with Gasteiger partial charge in [0.15, 0.2) is 17.3 Å². The number of benzene rings is 2. The van der Waals surface area contributed by atoms with E-state index in [0.717, 1.165) is 27.7 Å². The number of furan rings is 1. The minimum Gasteiger partial charge on any atom is -0.493 e. The molecule has 1 N–H and O–H groups in total. The molecule has 0 bridgehead atoms. The summed E-state index contributed by atoms with van der Waals surface area (Å²) in [4.78, 5) is 16.9. The number of aromatic nitrogens is 1. The minimum atomic E-state index is -0.312. The van der Waals surface area contributed by atoms with Gasteiger partial charge in [0, 0.05) is 35.1 Å². The molecular formula is C24H22N2O4. The molecule has 2 heterocycles. The third-order valence-electron chi connectivity index (χ3n) is 4.93. The molecule has 2 aromatic heterocycles. The zero-order chi connectivity index (χ0) is 21.1. The van der Waals surface area contributed by atoms with Crippen molar-refractivity contribution in [3.8, 4) is 11.5 Å². The van der Waals surface area contributed by atoms with E-state index < -0.39 is 0 Å². The Bertz CT molecular complexity index is 1200. The Morgan fingerprint density at radius 3 is 2.60 bits per heavy atom. The SMILES string of the molecule is COc1ccc(NC(=O)c2oc3c(C)cccc3c2C)cc1OCc1ccncc1. The summed E-state index contributed by atoms with van der Waals surface area (Å²) in [6, 6.07) is 14.9. The first-order chi connectivity index (χ1) is 14.6. The summed E-state index contributed by atoms with van der Waals surface area (Å²) in [6.45, 7) is 4.21. The van der Waals surface area contributed by atoms with Crippen molar-refractivity contribution >= 4 is 22.6 Å². The van der Waals surface area contributed by atoms with Crippen molar-refractivity contribution in [1.29, 1.82) is 0 Å². The van der Waals surface area contributed by atoms with Crippen molar-refractivity contribution in [3.63, 3.8) is 0 Å². The second kappa shape index (κ2) is 8.29. The lowest BCUT2D eigenvalue weighted by Crippen LogP contribution is -2.12. The molecule has 0 unspecified atom stereocenters. The van der Waals surface area contributed by atoms with Crippen molar-refractivity contribution in [3.05, 3.63) is 83.4 Å². The second-order valence-electron chi connectivity index (χ2n) is 6.97. The van der Waals surface area contributed by atoms with Crippen LogP contribution >= 0.6 is 0 Å². The Morgan fingerprint density at radius 1 is 1.07 bits per heavy atom. The van der Waals surface area contributed by atoms with Gasteiger partial charge in [-0.3, -0.25) is 9.78 Å². The van der Waals surface area contributed by atoms with Crippen LogP contribution in [0.1, 0.15) is 27.2 Å². The lowest BCUT2D eigenvalue weighted by Gasteiger charge is -2.13. The van der Waals surface area contributed by atoms with Crippen molar-refractivity contribution in [1.82, 2.24) is 4.98 Å². The van der Waals surface area contributed by atoms with Crippen LogP contribution in [0.3, 0.4) is 0 Å². The van der Waals surface area contributed by atoms with Gasteiger partial charge in [-0.05, 0) is 49.2 Å². The number of amides is 1. The van der Waals surface area contributed by atoms with Crippen molar-refractivity contribution in [2.45, 2.75) is 20.5 Å². The maximum atomic E-state index is 12.9. The number of anilines is 1. The normalized spacial score (nSPS) is 10.8. The molecule has 0 radical (unpaired) electrons. The fourth-order valence-electron chi connectivity index (χ4n) is 3.30. The first-order valence-corrected chi connectivity index (χ1v) is 9.56. The monoisotopic (exact) mass is 402 g/mol. The summed E-state index contributed by atoms with van der Waals surface area (Å²) in [5.41, 5.74) is 4.10. The highest BCUT2D eigenvalue weighted by atomic mass is 16.5. The summed E-state index contributed by atoms with van der Waals surface area (Å²) < 4.78 is 17.2. The summed E-state index contributed by atoms with van der Waals surface area (Å²) in [7, 11) is 1.58. The van der Waals surface area contributed by atoms with Crippen LogP contribution in [0.4, 0.5) is 5.69 Å². The predicted octanol–water partition coefficient (Wildman–Crippen LogP) is 5.28. The van der Waals surface area contributed by atoms with Gasteiger partial charge in [0.1, 0.15) is 12.2 Å². The molecule has 6 nitrogen and oxygen atoms in total. The molecule has 152 valence electrons. The topological polar surface area (TPSA) is 73.6 Å². The molecule has 1 amide bonds. The first kappa shape index (κ1) is 19.5. The van der Waals surface area contributed by atoms with Gasteiger partial charge in [-0.1, -0.05) is 18.2 Å². The van der Waals surface area contributed by atoms with Crippen LogP contribution in [0.2, 0.25) is 0 Å². The van der Waals surface area contributed by atoms with Gasteiger partial charge in [-0.15, -0.1) is 0 Å². The predicted molar refractivity (Wildman–Crippen MR) is 115 cm³/mol. The maximum absolute atomic E-state index is 12.9. The van der Waals surface area contributed by atoms with E-state index in [0.29, 0.717) is 29.6 Å². The average Bonchev–Trinajstić information content (AvgIpc) is 3.11. The highest BCUT2D eigenvalue weighted by Crippen LogP contribution is 2.32. The summed E-state index contributed by atoms with van der Waals surface area (Å²) in [6.07, 6.45) is 3.42. The molecule has 0 saturated carbocycles. The van der Waals surface area contributed by atoms with Gasteiger partial charge in [0.05, 0.1) is 7.11 Å². The number of fused-ring (bicyclic) bond motifs is 1. The average molecular weight is 402 g/mol. The molecule has 0 saturated heterocycles. The lowest BCUT2D eigenvalue weighted by atomic mass is 10.1. The second-order valence-corrected chi connectivity index (χ2v) is 6.97. The zero-order valence-corrected chi connectivity index (χ0v) is 17.1. The molecule has 0 spiro atoms. The minimum absolute atomic E-state index is 0.300. The number of carbonyl (C=O) groups is 1. The van der Waals surface area contributed by atoms with Crippen molar-refractivity contribution in [2.75, 3.05) is 12.4 Å². The number of aryl methyl sites for hydroxylation is 2. The van der Waals surface area contributed by atoms with Crippen LogP contribution in [-0.2, 0) is 6.61 Å². The Labute approximate surface area is 174 Å². The van der Waals surface area contributed by atoms with E-state index in [1.165, 1.54) is 0 Å². The van der Waals surface area contributed by atoms with E-state index in [1.807, 2.05) is 44.2 Å². The third kappa shape index (κ3) is 3.85. The van der Waals surface area contributed by atoms with E-state index in [-0.39, 0.29) is 5.91 Å². The van der Waals surface area contributed by atoms with E-state index >= 15 is 0 Å². The number of pyridine rings is 1. The summed E-state index contributed by atoms with van der Waals surface area (Å²) in [5, 5.41) is 3.83. The third-order valence-corrected chi connectivity index (χ3v) is 4.93. The van der Waals surface area contributed by atoms with Crippen LogP contribution in [0.25, 0.3) is 11.0 Å². The maximum Gasteiger partial charge on any atom is 0.291 e. The standard InChI is InChI=1S/C24H22N2O4/c1-15-5-4-6-19-16(2)23(30-22(15)19)24(27)26-18-7-8-20(28-3)21(13-18)29-14-17-9-11-25-12-10-17/h4-13H,14H2,1-3H3,(H,26,27). The van der Waals surface area contributed by atoms with E-state index in [1.54, 1.807) is 37.7 Å². The largest absolute Gasteiger partial charge is 0.493 e. The molecule has 0 aliphatic rings. The molecule has 4 aromatic rings. The van der Waals surface area contributed by atoms with E-state index in [4.69, 9.17) is 13.9 Å². The Hall–Kier alpha value is -3.80. The number of para-hydroxylation sites is 1. The van der Waals surface area contributed by atoms with Crippen LogP contribution in [0.15, 0.2) is 65.3 Å². The Balaban J connectivity index is 1.56. The fraction of sp³-hybridized carbons (Fsp3) is 0.167. The molecular weight excluding hydrogens is 380 g/mol. The van der Waals surface area contributed by atoms with Crippen molar-refractivity contribution in [2.24, 2.45) is 0 Å². The molecule has 4 rings (SSSR count). The number of hydrogen-bond acceptors (Lipinski definition) is 5. The van der Waals surface area contributed by atoms with Crippen LogP contribution in [0.5, 0.6) is 11.5 Å². The van der Waals surface area contributed by atoms with Gasteiger partial charge < -0.3 is 19.2 Å². The summed E-state index contributed by atoms with van der Waals surface area (Å²) >= 11 is 0. The molecule has 6 heteroatoms. The van der Waals surface area contributed by atoms with E-state index in [2.05, 4.69) is 10.3 Å². The molecule has 2 aromatic carbocycles. The van der Waals surface area contributed by atoms with Crippen LogP contribution < -0.4 is 14.8 Å². The highest BCUT2D eigenvalue weighted by molar-refractivity contribution is 6.06. The lowest BCUT2D eigenvalue weighted by molar-refractivity contribution is 0.0998. The number of ether oxygens (including phenoxy) is 2. The zero-order valence-electron chi connectivity index (χ0n) is 17.1. The van der Waals surface area contributed by atoms with E-state index in [9.17, 15) is 4.79 Å². The Kier molecular flexibility index (Phi) is 5.39. The summed E-state index contributed by atoms with van der Waals surface area (Å²) in [5.74, 6) is 1.10. The number of methoxy groups -OCH3 is 1. The number of carbonyl (C=O) groups excluding carboxylic acids is 1. The van der Waals surface area contributed by atoms with Gasteiger partial charge in [-0.25, -0.2) is 0 Å².